The van der Waals surface area contributed by atoms with Crippen molar-refractivity contribution in [2.45, 2.75) is 46.6 Å². The van der Waals surface area contributed by atoms with Crippen LogP contribution in [0.2, 0.25) is 0 Å². The second-order valence-electron chi connectivity index (χ2n) is 7.61. The lowest BCUT2D eigenvalue weighted by atomic mass is 10.00. The fraction of sp³-hybridized carbons (Fsp3) is 0.550. The van der Waals surface area contributed by atoms with Crippen LogP contribution in [-0.4, -0.2) is 19.3 Å². The van der Waals surface area contributed by atoms with E-state index in [4.69, 9.17) is 16.3 Å². The lowest BCUT2D eigenvalue weighted by molar-refractivity contribution is -0.147. The van der Waals surface area contributed by atoms with Crippen LogP contribution in [0.1, 0.15) is 37.5 Å². The molecule has 1 aromatic rings. The number of esters is 1. The molecule has 10 heteroatoms. The molecule has 0 N–H and O–H groups in total. The van der Waals surface area contributed by atoms with Gasteiger partial charge in [0.05, 0.1) is 18.1 Å². The van der Waals surface area contributed by atoms with Gasteiger partial charge >= 0.3 is 12.1 Å². The average Bonchev–Trinajstić information content (AvgIpc) is 3.19. The first-order valence-electron chi connectivity index (χ1n) is 9.06. The topological polar surface area (TPSA) is 35.5 Å². The molecule has 3 nitrogen and oxygen atoms in total. The summed E-state index contributed by atoms with van der Waals surface area (Å²) in [6.45, 7) is 3.38. The zero-order valence-electron chi connectivity index (χ0n) is 16.7. The van der Waals surface area contributed by atoms with E-state index < -0.39 is 76.2 Å². The number of ether oxygens (including phenoxy) is 2. The van der Waals surface area contributed by atoms with Crippen LogP contribution < -0.4 is 0 Å². The summed E-state index contributed by atoms with van der Waals surface area (Å²) < 4.78 is 90.8. The van der Waals surface area contributed by atoms with Gasteiger partial charge in [-0.1, -0.05) is 38.4 Å². The number of carbonyl (C=O) groups is 1. The monoisotopic (exact) mass is 458 g/mol. The lowest BCUT2D eigenvalue weighted by Gasteiger charge is -2.15. The van der Waals surface area contributed by atoms with Gasteiger partial charge in [0.1, 0.15) is 17.5 Å². The molecule has 0 saturated heterocycles. The SMILES string of the molecule is CCc1c(F)c(COC)c(F)c(F)c1COC(=O)[C@@H]1[C@H](/C=C(\Cl)C(F)(F)F)C1(C)C. The van der Waals surface area contributed by atoms with E-state index in [1.165, 1.54) is 14.0 Å². The zero-order chi connectivity index (χ0) is 23.0. The fourth-order valence-corrected chi connectivity index (χ4v) is 3.66. The van der Waals surface area contributed by atoms with Crippen molar-refractivity contribution in [2.75, 3.05) is 7.11 Å². The minimum atomic E-state index is -4.74. The third kappa shape index (κ3) is 4.61. The molecule has 30 heavy (non-hydrogen) atoms. The Morgan fingerprint density at radius 2 is 1.63 bits per heavy atom. The fourth-order valence-electron chi connectivity index (χ4n) is 3.52. The Kier molecular flexibility index (Phi) is 7.18. The normalized spacial score (nSPS) is 21.0. The van der Waals surface area contributed by atoms with Crippen LogP contribution in [0.4, 0.5) is 26.3 Å². The molecule has 1 aliphatic rings. The molecule has 1 fully saturated rings. The molecule has 1 aliphatic carbocycles. The minimum absolute atomic E-state index is 0.00585. The number of rotatable bonds is 7. The summed E-state index contributed by atoms with van der Waals surface area (Å²) in [5.41, 5.74) is -2.06. The maximum atomic E-state index is 14.5. The van der Waals surface area contributed by atoms with E-state index in [0.29, 0.717) is 0 Å². The van der Waals surface area contributed by atoms with Crippen molar-refractivity contribution >= 4 is 17.6 Å². The van der Waals surface area contributed by atoms with E-state index in [1.54, 1.807) is 13.8 Å². The van der Waals surface area contributed by atoms with Crippen LogP contribution in [0.25, 0.3) is 0 Å². The summed E-state index contributed by atoms with van der Waals surface area (Å²) in [6, 6.07) is 0. The number of halogens is 7. The van der Waals surface area contributed by atoms with Crippen LogP contribution in [0.15, 0.2) is 11.1 Å². The second kappa shape index (κ2) is 8.78. The van der Waals surface area contributed by atoms with Gasteiger partial charge in [-0.25, -0.2) is 13.2 Å². The van der Waals surface area contributed by atoms with E-state index in [-0.39, 0.29) is 12.0 Å². The van der Waals surface area contributed by atoms with Gasteiger partial charge < -0.3 is 9.47 Å². The van der Waals surface area contributed by atoms with Gasteiger partial charge in [-0.05, 0) is 23.3 Å². The molecular weight excluding hydrogens is 438 g/mol. The number of alkyl halides is 3. The van der Waals surface area contributed by atoms with Crippen molar-refractivity contribution in [3.8, 4) is 0 Å². The highest BCUT2D eigenvalue weighted by atomic mass is 35.5. The number of hydrogen-bond acceptors (Lipinski definition) is 3. The summed E-state index contributed by atoms with van der Waals surface area (Å²) in [5.74, 6) is -6.50. The maximum Gasteiger partial charge on any atom is 0.426 e. The van der Waals surface area contributed by atoms with E-state index in [2.05, 4.69) is 4.74 Å². The van der Waals surface area contributed by atoms with Gasteiger partial charge in [0, 0.05) is 12.7 Å². The van der Waals surface area contributed by atoms with Gasteiger partial charge in [0.25, 0.3) is 0 Å². The number of allylic oxidation sites excluding steroid dienone is 2. The Morgan fingerprint density at radius 1 is 1.07 bits per heavy atom. The largest absolute Gasteiger partial charge is 0.460 e. The molecular formula is C20H21ClF6O3. The van der Waals surface area contributed by atoms with Gasteiger partial charge in [0.15, 0.2) is 11.6 Å². The first-order valence-corrected chi connectivity index (χ1v) is 9.43. The maximum absolute atomic E-state index is 14.5. The molecule has 1 aromatic carbocycles. The highest BCUT2D eigenvalue weighted by Crippen LogP contribution is 2.60. The summed E-state index contributed by atoms with van der Waals surface area (Å²) >= 11 is 5.24. The molecule has 0 radical (unpaired) electrons. The van der Waals surface area contributed by atoms with E-state index in [9.17, 15) is 31.1 Å². The lowest BCUT2D eigenvalue weighted by Crippen LogP contribution is -2.15. The number of carbonyl (C=O) groups excluding carboxylic acids is 1. The molecule has 168 valence electrons. The predicted molar refractivity (Wildman–Crippen MR) is 97.0 cm³/mol. The van der Waals surface area contributed by atoms with Crippen molar-refractivity contribution in [1.29, 1.82) is 0 Å². The van der Waals surface area contributed by atoms with Crippen molar-refractivity contribution in [1.82, 2.24) is 0 Å². The molecule has 0 amide bonds. The minimum Gasteiger partial charge on any atom is -0.460 e. The van der Waals surface area contributed by atoms with Gasteiger partial charge in [-0.3, -0.25) is 4.79 Å². The molecule has 0 aromatic heterocycles. The highest BCUT2D eigenvalue weighted by molar-refractivity contribution is 6.30. The van der Waals surface area contributed by atoms with Crippen LogP contribution in [0.3, 0.4) is 0 Å². The Labute approximate surface area is 175 Å². The molecule has 0 heterocycles. The van der Waals surface area contributed by atoms with Gasteiger partial charge in [0.2, 0.25) is 0 Å². The first kappa shape index (κ1) is 24.5. The summed E-state index contributed by atoms with van der Waals surface area (Å²) in [4.78, 5) is 12.4. The third-order valence-electron chi connectivity index (χ3n) is 5.38. The number of methoxy groups -OCH3 is 1. The van der Waals surface area contributed by atoms with E-state index in [1.807, 2.05) is 0 Å². The average molecular weight is 459 g/mol. The number of benzene rings is 1. The zero-order valence-corrected chi connectivity index (χ0v) is 17.5. The van der Waals surface area contributed by atoms with Crippen LogP contribution in [-0.2, 0) is 33.9 Å². The molecule has 1 saturated carbocycles. The molecule has 2 rings (SSSR count). The third-order valence-corrected chi connectivity index (χ3v) is 5.72. The second-order valence-corrected chi connectivity index (χ2v) is 8.02. The number of hydrogen-bond donors (Lipinski definition) is 0. The molecule has 0 spiro atoms. The van der Waals surface area contributed by atoms with E-state index in [0.717, 1.165) is 6.08 Å². The van der Waals surface area contributed by atoms with Crippen LogP contribution >= 0.6 is 11.6 Å². The van der Waals surface area contributed by atoms with Gasteiger partial charge in [-0.2, -0.15) is 13.2 Å². The summed E-state index contributed by atoms with van der Waals surface area (Å²) in [5, 5.41) is -1.35. The van der Waals surface area contributed by atoms with Crippen molar-refractivity contribution in [2.24, 2.45) is 17.3 Å². The van der Waals surface area contributed by atoms with Crippen molar-refractivity contribution < 1.29 is 40.6 Å². The molecule has 0 unspecified atom stereocenters. The van der Waals surface area contributed by atoms with E-state index >= 15 is 0 Å². The Balaban J connectivity index is 2.23. The van der Waals surface area contributed by atoms with Crippen LogP contribution in [0.5, 0.6) is 0 Å². The standard InChI is InChI=1S/C20H21ClF6O3/c1-5-9-10(16(23)17(24)11(7-29-4)15(9)22)8-30-18(28)14-12(19(14,2)3)6-13(21)20(25,26)27/h6,12,14H,5,7-8H2,1-4H3/b13-6-/t12-,14-/m0/s1. The summed E-state index contributed by atoms with van der Waals surface area (Å²) in [6.07, 6.45) is -4.01. The smallest absolute Gasteiger partial charge is 0.426 e. The van der Waals surface area contributed by atoms with Crippen molar-refractivity contribution in [3.63, 3.8) is 0 Å². The molecule has 0 aliphatic heterocycles. The molecule has 0 bridgehead atoms. The Hall–Kier alpha value is -1.74. The highest BCUT2D eigenvalue weighted by Gasteiger charge is 2.62. The van der Waals surface area contributed by atoms with Crippen LogP contribution in [0, 0.1) is 34.7 Å². The quantitative estimate of drug-likeness (QED) is 0.294. The van der Waals surface area contributed by atoms with Crippen molar-refractivity contribution in [3.05, 3.63) is 45.3 Å². The predicted octanol–water partition coefficient (Wildman–Crippen LogP) is 5.81. The molecule has 2 atom stereocenters. The summed E-state index contributed by atoms with van der Waals surface area (Å²) in [7, 11) is 1.20. The Morgan fingerprint density at radius 3 is 2.13 bits per heavy atom. The first-order chi connectivity index (χ1) is 13.8. The Bertz CT molecular complexity index is 863. The van der Waals surface area contributed by atoms with Gasteiger partial charge in [-0.15, -0.1) is 0 Å².